The lowest BCUT2D eigenvalue weighted by atomic mass is 9.72. The Morgan fingerprint density at radius 1 is 1.00 bits per heavy atom. The first-order chi connectivity index (χ1) is 15.9. The number of imide groups is 1. The third-order valence-corrected chi connectivity index (χ3v) is 6.66. The van der Waals surface area contributed by atoms with Gasteiger partial charge in [0.15, 0.2) is 17.3 Å². The Balaban J connectivity index is 1.49. The molecule has 1 saturated heterocycles. The molecule has 1 aliphatic heterocycles. The van der Waals surface area contributed by atoms with Crippen molar-refractivity contribution in [3.8, 4) is 11.5 Å². The number of hydrogen-bond donors (Lipinski definition) is 0. The van der Waals surface area contributed by atoms with E-state index < -0.39 is 5.92 Å². The number of ketones is 1. The maximum Gasteiger partial charge on any atom is 0.233 e. The molecule has 1 heterocycles. The van der Waals surface area contributed by atoms with Crippen LogP contribution in [-0.2, 0) is 16.0 Å². The fourth-order valence-corrected chi connectivity index (χ4v) is 5.03. The molecule has 1 aliphatic carbocycles. The minimum absolute atomic E-state index is 0.00525. The highest BCUT2D eigenvalue weighted by Crippen LogP contribution is 2.43. The maximum atomic E-state index is 13.3. The molecule has 6 nitrogen and oxygen atoms in total. The summed E-state index contributed by atoms with van der Waals surface area (Å²) in [6, 6.07) is 14.7. The Morgan fingerprint density at radius 3 is 2.42 bits per heavy atom. The minimum Gasteiger partial charge on any atom is -0.493 e. The molecule has 4 rings (SSSR count). The van der Waals surface area contributed by atoms with Gasteiger partial charge < -0.3 is 9.47 Å². The molecule has 172 valence electrons. The standard InChI is InChI=1S/C27H29NO5/c1-17-13-20(16-22(29)19-7-5-4-6-8-19)25-21(14-17)26(30)28(27(25)31)12-11-18-9-10-23(32-2)24(15-18)33-3/h4-10,13,15,20-21,25H,11-12,14,16H2,1-3H3/t20-,21-,25+/m1/s1. The van der Waals surface area contributed by atoms with Crippen LogP contribution in [0.1, 0.15) is 35.7 Å². The fourth-order valence-electron chi connectivity index (χ4n) is 5.03. The highest BCUT2D eigenvalue weighted by Gasteiger charge is 2.51. The number of benzene rings is 2. The van der Waals surface area contributed by atoms with Crippen LogP contribution in [0, 0.1) is 17.8 Å². The second-order valence-electron chi connectivity index (χ2n) is 8.77. The Hall–Kier alpha value is -3.41. The van der Waals surface area contributed by atoms with Crippen LogP contribution in [-0.4, -0.2) is 43.3 Å². The number of fused-ring (bicyclic) bond motifs is 1. The van der Waals surface area contributed by atoms with Crippen LogP contribution >= 0.6 is 0 Å². The number of methoxy groups -OCH3 is 2. The zero-order valence-electron chi connectivity index (χ0n) is 19.2. The smallest absolute Gasteiger partial charge is 0.233 e. The van der Waals surface area contributed by atoms with E-state index in [0.29, 0.717) is 36.4 Å². The lowest BCUT2D eigenvalue weighted by Gasteiger charge is -2.28. The van der Waals surface area contributed by atoms with Crippen molar-refractivity contribution in [2.75, 3.05) is 20.8 Å². The van der Waals surface area contributed by atoms with Gasteiger partial charge in [-0.05, 0) is 43.4 Å². The highest BCUT2D eigenvalue weighted by molar-refractivity contribution is 6.06. The zero-order valence-corrected chi connectivity index (χ0v) is 19.2. The first kappa shape index (κ1) is 22.8. The van der Waals surface area contributed by atoms with Gasteiger partial charge in [0.25, 0.3) is 0 Å². The molecule has 33 heavy (non-hydrogen) atoms. The van der Waals surface area contributed by atoms with Crippen LogP contribution in [0.25, 0.3) is 0 Å². The Morgan fingerprint density at radius 2 is 1.73 bits per heavy atom. The molecule has 0 saturated carbocycles. The number of ether oxygens (including phenoxy) is 2. The number of likely N-dealkylation sites (tertiary alicyclic amines) is 1. The Kier molecular flexibility index (Phi) is 6.63. The molecule has 2 amide bonds. The first-order valence-electron chi connectivity index (χ1n) is 11.2. The van der Waals surface area contributed by atoms with E-state index in [2.05, 4.69) is 0 Å². The summed E-state index contributed by atoms with van der Waals surface area (Å²) in [6.07, 6.45) is 3.34. The normalized spacial score (nSPS) is 22.1. The van der Waals surface area contributed by atoms with Crippen molar-refractivity contribution in [2.45, 2.75) is 26.2 Å². The predicted octanol–water partition coefficient (Wildman–Crippen LogP) is 4.09. The number of allylic oxidation sites excluding steroid dienone is 2. The Labute approximate surface area is 194 Å². The number of carbonyl (C=O) groups excluding carboxylic acids is 3. The van der Waals surface area contributed by atoms with Crippen LogP contribution in [0.2, 0.25) is 0 Å². The summed E-state index contributed by atoms with van der Waals surface area (Å²) in [5.74, 6) is -0.181. The summed E-state index contributed by atoms with van der Waals surface area (Å²) in [5.41, 5.74) is 2.64. The number of nitrogens with zero attached hydrogens (tertiary/aromatic N) is 1. The van der Waals surface area contributed by atoms with Gasteiger partial charge in [0, 0.05) is 18.5 Å². The lowest BCUT2D eigenvalue weighted by molar-refractivity contribution is -0.140. The van der Waals surface area contributed by atoms with Gasteiger partial charge in [0.05, 0.1) is 26.1 Å². The first-order valence-corrected chi connectivity index (χ1v) is 11.2. The predicted molar refractivity (Wildman–Crippen MR) is 124 cm³/mol. The van der Waals surface area contributed by atoms with Crippen molar-refractivity contribution < 1.29 is 23.9 Å². The van der Waals surface area contributed by atoms with Gasteiger partial charge in [0.1, 0.15) is 0 Å². The summed E-state index contributed by atoms with van der Waals surface area (Å²) >= 11 is 0. The van der Waals surface area contributed by atoms with E-state index in [4.69, 9.17) is 9.47 Å². The van der Waals surface area contributed by atoms with Crippen LogP contribution in [0.3, 0.4) is 0 Å². The monoisotopic (exact) mass is 447 g/mol. The number of rotatable bonds is 8. The summed E-state index contributed by atoms with van der Waals surface area (Å²) in [5, 5.41) is 0. The van der Waals surface area contributed by atoms with E-state index in [9.17, 15) is 14.4 Å². The van der Waals surface area contributed by atoms with Gasteiger partial charge >= 0.3 is 0 Å². The maximum absolute atomic E-state index is 13.3. The summed E-state index contributed by atoms with van der Waals surface area (Å²) in [7, 11) is 3.15. The number of hydrogen-bond acceptors (Lipinski definition) is 5. The Bertz CT molecular complexity index is 1090. The van der Waals surface area contributed by atoms with Crippen molar-refractivity contribution in [2.24, 2.45) is 17.8 Å². The van der Waals surface area contributed by atoms with Gasteiger partial charge in [0.2, 0.25) is 11.8 Å². The van der Waals surface area contributed by atoms with E-state index in [-0.39, 0.29) is 35.9 Å². The summed E-state index contributed by atoms with van der Waals surface area (Å²) in [4.78, 5) is 40.8. The van der Waals surface area contributed by atoms with Crippen LogP contribution in [0.5, 0.6) is 11.5 Å². The quantitative estimate of drug-likeness (QED) is 0.346. The van der Waals surface area contributed by atoms with Gasteiger partial charge in [-0.1, -0.05) is 48.0 Å². The van der Waals surface area contributed by atoms with Crippen molar-refractivity contribution in [3.05, 3.63) is 71.3 Å². The number of carbonyl (C=O) groups is 3. The van der Waals surface area contributed by atoms with E-state index in [1.807, 2.05) is 49.4 Å². The van der Waals surface area contributed by atoms with Gasteiger partial charge in [-0.15, -0.1) is 0 Å². The molecule has 0 N–H and O–H groups in total. The molecule has 2 aliphatic rings. The molecule has 0 bridgehead atoms. The van der Waals surface area contributed by atoms with Gasteiger partial charge in [-0.3, -0.25) is 19.3 Å². The second kappa shape index (κ2) is 9.61. The van der Waals surface area contributed by atoms with Crippen molar-refractivity contribution in [3.63, 3.8) is 0 Å². The number of Topliss-reactive ketones (excluding diaryl/α,β-unsaturated/α-hetero) is 1. The molecule has 2 aromatic carbocycles. The molecule has 0 unspecified atom stereocenters. The fraction of sp³-hybridized carbons (Fsp3) is 0.370. The van der Waals surface area contributed by atoms with E-state index in [0.717, 1.165) is 11.1 Å². The lowest BCUT2D eigenvalue weighted by Crippen LogP contribution is -2.34. The molecule has 0 spiro atoms. The SMILES string of the molecule is COc1ccc(CCN2C(=O)[C@H]3[C@@H](CC(=O)c4ccccc4)C=C(C)C[C@H]3C2=O)cc1OC. The molecule has 0 radical (unpaired) electrons. The van der Waals surface area contributed by atoms with Gasteiger partial charge in [-0.25, -0.2) is 0 Å². The minimum atomic E-state index is -0.473. The molecule has 3 atom stereocenters. The molecule has 1 fully saturated rings. The second-order valence-corrected chi connectivity index (χ2v) is 8.77. The van der Waals surface area contributed by atoms with Crippen molar-refractivity contribution in [1.29, 1.82) is 0 Å². The molecule has 6 heteroatoms. The highest BCUT2D eigenvalue weighted by atomic mass is 16.5. The average Bonchev–Trinajstić information content (AvgIpc) is 3.07. The van der Waals surface area contributed by atoms with E-state index in [1.165, 1.54) is 4.90 Å². The van der Waals surface area contributed by atoms with Crippen molar-refractivity contribution >= 4 is 17.6 Å². The summed E-state index contributed by atoms with van der Waals surface area (Å²) in [6.45, 7) is 2.28. The van der Waals surface area contributed by atoms with Crippen LogP contribution in [0.4, 0.5) is 0 Å². The van der Waals surface area contributed by atoms with Crippen molar-refractivity contribution in [1.82, 2.24) is 4.90 Å². The largest absolute Gasteiger partial charge is 0.493 e. The van der Waals surface area contributed by atoms with E-state index >= 15 is 0 Å². The third-order valence-electron chi connectivity index (χ3n) is 6.66. The number of amides is 2. The van der Waals surface area contributed by atoms with Crippen LogP contribution < -0.4 is 9.47 Å². The molecule has 0 aromatic heterocycles. The average molecular weight is 448 g/mol. The summed E-state index contributed by atoms with van der Waals surface area (Å²) < 4.78 is 10.6. The van der Waals surface area contributed by atoms with Gasteiger partial charge in [-0.2, -0.15) is 0 Å². The van der Waals surface area contributed by atoms with E-state index in [1.54, 1.807) is 26.4 Å². The molecular formula is C27H29NO5. The van der Waals surface area contributed by atoms with Crippen LogP contribution in [0.15, 0.2) is 60.2 Å². The third kappa shape index (κ3) is 4.56. The molecular weight excluding hydrogens is 418 g/mol. The topological polar surface area (TPSA) is 72.9 Å². The molecule has 2 aromatic rings. The zero-order chi connectivity index (χ0) is 23.5.